The van der Waals surface area contributed by atoms with Crippen LogP contribution >= 0.6 is 0 Å². The number of nitrogens with one attached hydrogen (secondary N) is 4. The SMILES string of the molecule is O=C(CCc1ccccc1)c1ccc(C(=O)NCc2ccccc2)c(NC(=O)c2cccc(C(=O)Nc3cc(C(=O)CCc4cccc(S(=O)(=O)O)c4)ccc3C(=O)NCc3cccc(S(=O)(=O)O)c3)c2)c1. The van der Waals surface area contributed by atoms with Crippen molar-refractivity contribution in [3.8, 4) is 0 Å². The molecule has 0 spiro atoms. The van der Waals surface area contributed by atoms with Gasteiger partial charge in [-0.05, 0) is 102 Å². The molecule has 7 aromatic carbocycles. The van der Waals surface area contributed by atoms with E-state index in [9.17, 15) is 54.7 Å². The molecule has 0 saturated heterocycles. The lowest BCUT2D eigenvalue weighted by Crippen LogP contribution is -2.25. The molecule has 0 bridgehead atoms. The lowest BCUT2D eigenvalue weighted by molar-refractivity contribution is 0.0942. The predicted molar refractivity (Wildman–Crippen MR) is 268 cm³/mol. The van der Waals surface area contributed by atoms with Crippen molar-refractivity contribution >= 4 is 66.8 Å². The van der Waals surface area contributed by atoms with Gasteiger partial charge in [0.15, 0.2) is 11.6 Å². The molecule has 0 aliphatic heterocycles. The summed E-state index contributed by atoms with van der Waals surface area (Å²) in [6.45, 7) is -0.0291. The van der Waals surface area contributed by atoms with E-state index in [1.54, 1.807) is 6.07 Å². The second-order valence-electron chi connectivity index (χ2n) is 16.4. The van der Waals surface area contributed by atoms with E-state index in [0.717, 1.165) is 11.1 Å². The van der Waals surface area contributed by atoms with Crippen molar-refractivity contribution < 1.29 is 54.7 Å². The summed E-state index contributed by atoms with van der Waals surface area (Å²) in [7, 11) is -9.05. The minimum absolute atomic E-state index is 0.0220. The fourth-order valence-electron chi connectivity index (χ4n) is 7.51. The molecule has 0 aliphatic rings. The fourth-order valence-corrected chi connectivity index (χ4v) is 8.61. The summed E-state index contributed by atoms with van der Waals surface area (Å²) in [6.07, 6.45) is 0.551. The standard InChI is InChI=1S/C54H46N4O12S2/c59-49(26-20-35-10-3-1-4-11-35)39-22-24-45(53(63)55-33-37-12-5-2-6-13-37)47(31-39)57-51(61)41-16-9-17-42(30-41)52(62)58-48-32-40(50(60)27-21-36-14-7-18-43(28-36)71(65,66)67)23-25-46(48)54(64)56-34-38-15-8-19-44(29-38)72(68,69)70/h1-19,22-25,28-32H,20-21,26-27,33-34H2,(H,55,63)(H,56,64)(H,57,61)(H,58,62)(H,65,66,67)(H,68,69,70). The number of carbonyl (C=O) groups excluding carboxylic acids is 6. The first-order valence-corrected chi connectivity index (χ1v) is 25.1. The van der Waals surface area contributed by atoms with Gasteiger partial charge in [0.05, 0.1) is 32.3 Å². The van der Waals surface area contributed by atoms with Crippen molar-refractivity contribution in [3.05, 3.63) is 225 Å². The van der Waals surface area contributed by atoms with Crippen LogP contribution in [-0.4, -0.2) is 61.1 Å². The van der Waals surface area contributed by atoms with Crippen molar-refractivity contribution in [1.29, 1.82) is 0 Å². The lowest BCUT2D eigenvalue weighted by atomic mass is 9.99. The number of rotatable bonds is 20. The van der Waals surface area contributed by atoms with E-state index >= 15 is 0 Å². The van der Waals surface area contributed by atoms with E-state index in [1.807, 2.05) is 60.7 Å². The number of hydrogen-bond acceptors (Lipinski definition) is 10. The van der Waals surface area contributed by atoms with Crippen LogP contribution < -0.4 is 21.3 Å². The molecule has 7 aromatic rings. The van der Waals surface area contributed by atoms with Gasteiger partial charge in [0, 0.05) is 48.2 Å². The number of amides is 4. The summed E-state index contributed by atoms with van der Waals surface area (Å²) in [5.74, 6) is -3.49. The van der Waals surface area contributed by atoms with Gasteiger partial charge in [-0.15, -0.1) is 0 Å². The van der Waals surface area contributed by atoms with Crippen LogP contribution in [0.5, 0.6) is 0 Å². The van der Waals surface area contributed by atoms with Gasteiger partial charge in [-0.1, -0.05) is 103 Å². The third-order valence-corrected chi connectivity index (χ3v) is 13.0. The van der Waals surface area contributed by atoms with Crippen LogP contribution in [0.2, 0.25) is 0 Å². The molecule has 6 N–H and O–H groups in total. The Morgan fingerprint density at radius 3 is 1.26 bits per heavy atom. The van der Waals surface area contributed by atoms with Crippen molar-refractivity contribution in [3.63, 3.8) is 0 Å². The summed E-state index contributed by atoms with van der Waals surface area (Å²) in [6, 6.07) is 43.2. The monoisotopic (exact) mass is 1010 g/mol. The first-order chi connectivity index (χ1) is 34.4. The summed E-state index contributed by atoms with van der Waals surface area (Å²) in [5.41, 5.74) is 2.65. The van der Waals surface area contributed by atoms with Crippen LogP contribution in [0.4, 0.5) is 11.4 Å². The van der Waals surface area contributed by atoms with E-state index < -0.39 is 54.5 Å². The molecular weight excluding hydrogens is 961 g/mol. The molecule has 0 aliphatic carbocycles. The maximum absolute atomic E-state index is 14.1. The van der Waals surface area contributed by atoms with E-state index in [-0.39, 0.29) is 87.8 Å². The topological polar surface area (TPSA) is 259 Å². The van der Waals surface area contributed by atoms with Crippen molar-refractivity contribution in [2.45, 2.75) is 48.6 Å². The second-order valence-corrected chi connectivity index (χ2v) is 19.3. The molecule has 0 saturated carbocycles. The van der Waals surface area contributed by atoms with Crippen LogP contribution in [0.1, 0.15) is 97.2 Å². The molecule has 72 heavy (non-hydrogen) atoms. The van der Waals surface area contributed by atoms with Crippen LogP contribution in [0.15, 0.2) is 180 Å². The van der Waals surface area contributed by atoms with Crippen LogP contribution in [-0.2, 0) is 46.2 Å². The van der Waals surface area contributed by atoms with Crippen LogP contribution in [0, 0.1) is 0 Å². The Balaban J connectivity index is 1.13. The molecule has 0 radical (unpaired) electrons. The molecule has 366 valence electrons. The van der Waals surface area contributed by atoms with Gasteiger partial charge >= 0.3 is 0 Å². The Kier molecular flexibility index (Phi) is 16.4. The highest BCUT2D eigenvalue weighted by Crippen LogP contribution is 2.25. The zero-order chi connectivity index (χ0) is 51.4. The molecule has 4 amide bonds. The first-order valence-electron chi connectivity index (χ1n) is 22.3. The maximum atomic E-state index is 14.1. The minimum Gasteiger partial charge on any atom is -0.348 e. The smallest absolute Gasteiger partial charge is 0.294 e. The zero-order valence-electron chi connectivity index (χ0n) is 38.2. The van der Waals surface area contributed by atoms with Gasteiger partial charge in [0.25, 0.3) is 43.9 Å². The van der Waals surface area contributed by atoms with Crippen molar-refractivity contribution in [1.82, 2.24) is 10.6 Å². The largest absolute Gasteiger partial charge is 0.348 e. The van der Waals surface area contributed by atoms with Gasteiger partial charge < -0.3 is 21.3 Å². The van der Waals surface area contributed by atoms with Crippen LogP contribution in [0.3, 0.4) is 0 Å². The highest BCUT2D eigenvalue weighted by molar-refractivity contribution is 7.86. The molecule has 0 atom stereocenters. The Bertz CT molecular complexity index is 3440. The number of aryl methyl sites for hydroxylation is 2. The van der Waals surface area contributed by atoms with Crippen LogP contribution in [0.25, 0.3) is 0 Å². The summed E-state index contributed by atoms with van der Waals surface area (Å²) < 4.78 is 65.8. The van der Waals surface area contributed by atoms with E-state index in [1.165, 1.54) is 103 Å². The maximum Gasteiger partial charge on any atom is 0.294 e. The number of Topliss-reactive ketones (excluding diaryl/α,β-unsaturated/α-hetero) is 2. The molecule has 0 aromatic heterocycles. The predicted octanol–water partition coefficient (Wildman–Crippen LogP) is 8.18. The van der Waals surface area contributed by atoms with Gasteiger partial charge in [-0.2, -0.15) is 16.8 Å². The number of carbonyl (C=O) groups is 6. The fraction of sp³-hybridized carbons (Fsp3) is 0.111. The molecule has 0 unspecified atom stereocenters. The minimum atomic E-state index is -4.55. The second kappa shape index (κ2) is 23.0. The number of hydrogen-bond donors (Lipinski definition) is 6. The Labute approximate surface area is 415 Å². The van der Waals surface area contributed by atoms with Gasteiger partial charge in [-0.25, -0.2) is 0 Å². The third-order valence-electron chi connectivity index (χ3n) is 11.3. The number of ketones is 2. The third kappa shape index (κ3) is 13.9. The number of anilines is 2. The Hall–Kier alpha value is -8.42. The average Bonchev–Trinajstić information content (AvgIpc) is 3.38. The summed E-state index contributed by atoms with van der Waals surface area (Å²) in [5, 5.41) is 10.9. The Morgan fingerprint density at radius 1 is 0.375 bits per heavy atom. The Morgan fingerprint density at radius 2 is 0.778 bits per heavy atom. The molecule has 18 heteroatoms. The quantitative estimate of drug-likeness (QED) is 0.0312. The molecule has 16 nitrogen and oxygen atoms in total. The zero-order valence-corrected chi connectivity index (χ0v) is 39.8. The highest BCUT2D eigenvalue weighted by atomic mass is 32.2. The van der Waals surface area contributed by atoms with Gasteiger partial charge in [-0.3, -0.25) is 37.9 Å². The van der Waals surface area contributed by atoms with Crippen molar-refractivity contribution in [2.75, 3.05) is 10.6 Å². The average molecular weight is 1010 g/mol. The molecular formula is C54H46N4O12S2. The summed E-state index contributed by atoms with van der Waals surface area (Å²) in [4.78, 5) is 81.7. The first kappa shape index (κ1) is 51.4. The molecule has 0 heterocycles. The summed E-state index contributed by atoms with van der Waals surface area (Å²) >= 11 is 0. The van der Waals surface area contributed by atoms with E-state index in [2.05, 4.69) is 21.3 Å². The normalized spacial score (nSPS) is 11.2. The molecule has 0 fully saturated rings. The van der Waals surface area contributed by atoms with Crippen molar-refractivity contribution in [2.24, 2.45) is 0 Å². The van der Waals surface area contributed by atoms with E-state index in [4.69, 9.17) is 0 Å². The van der Waals surface area contributed by atoms with Gasteiger partial charge in [0.1, 0.15) is 0 Å². The number of benzene rings is 7. The highest BCUT2D eigenvalue weighted by Gasteiger charge is 2.22. The van der Waals surface area contributed by atoms with E-state index in [0.29, 0.717) is 17.5 Å². The lowest BCUT2D eigenvalue weighted by Gasteiger charge is -2.15. The molecule has 7 rings (SSSR count). The van der Waals surface area contributed by atoms with Gasteiger partial charge in [0.2, 0.25) is 0 Å².